The van der Waals surface area contributed by atoms with Crippen LogP contribution in [0, 0.1) is 11.8 Å². The number of hydrogen-bond donors (Lipinski definition) is 0. The molecule has 33 heavy (non-hydrogen) atoms. The van der Waals surface area contributed by atoms with Gasteiger partial charge in [-0.05, 0) is 41.3 Å². The molecule has 2 bridgehead atoms. The van der Waals surface area contributed by atoms with Gasteiger partial charge in [0.25, 0.3) is 0 Å². The van der Waals surface area contributed by atoms with Crippen LogP contribution >= 0.6 is 11.6 Å². The van der Waals surface area contributed by atoms with Crippen LogP contribution in [0.1, 0.15) is 45.5 Å². The molecule has 3 aromatic carbocycles. The number of carbonyl (C=O) groups is 3. The van der Waals surface area contributed by atoms with E-state index >= 15 is 0 Å². The van der Waals surface area contributed by atoms with Crippen LogP contribution in [-0.4, -0.2) is 24.4 Å². The van der Waals surface area contributed by atoms with Crippen molar-refractivity contribution in [1.82, 2.24) is 0 Å². The Kier molecular flexibility index (Phi) is 4.30. The number of anilines is 1. The first-order chi connectivity index (χ1) is 16.0. The summed E-state index contributed by atoms with van der Waals surface area (Å²) >= 11 is 7.43. The molecule has 5 nitrogen and oxygen atoms in total. The number of hydrogen-bond acceptors (Lipinski definition) is 4. The van der Waals surface area contributed by atoms with E-state index in [2.05, 4.69) is 0 Å². The van der Waals surface area contributed by atoms with Gasteiger partial charge >= 0.3 is 5.97 Å². The Bertz CT molecular complexity index is 1300. The molecule has 3 aliphatic carbocycles. The summed E-state index contributed by atoms with van der Waals surface area (Å²) < 4.78 is 5.18. The minimum absolute atomic E-state index is 0.186. The zero-order chi connectivity index (χ0) is 22.9. The lowest BCUT2D eigenvalue weighted by atomic mass is 9.54. The van der Waals surface area contributed by atoms with Gasteiger partial charge in [-0.3, -0.25) is 9.59 Å². The molecule has 2 amide bonds. The smallest absolute Gasteiger partial charge is 0.340 e. The van der Waals surface area contributed by atoms with Crippen LogP contribution < -0.4 is 4.90 Å². The SMILES string of the molecule is CCOC(=O)c1ccccc1N1C(=O)[C@@H]2C3c4ccccc4C(Cl)(c4ccccc43)[C@H]2C1=O. The minimum Gasteiger partial charge on any atom is -0.462 e. The Morgan fingerprint density at radius 3 is 2.12 bits per heavy atom. The molecule has 164 valence electrons. The van der Waals surface area contributed by atoms with Crippen molar-refractivity contribution in [2.45, 2.75) is 17.7 Å². The molecular weight excluding hydrogens is 438 g/mol. The lowest BCUT2D eigenvalue weighted by molar-refractivity contribution is -0.122. The van der Waals surface area contributed by atoms with E-state index in [1.807, 2.05) is 48.5 Å². The monoisotopic (exact) mass is 457 g/mol. The summed E-state index contributed by atoms with van der Waals surface area (Å²) in [6.07, 6.45) is 0. The third kappa shape index (κ3) is 2.46. The van der Waals surface area contributed by atoms with Gasteiger partial charge in [0.2, 0.25) is 11.8 Å². The van der Waals surface area contributed by atoms with Crippen molar-refractivity contribution in [2.75, 3.05) is 11.5 Å². The second-order valence-corrected chi connectivity index (χ2v) is 9.21. The molecular formula is C27H20ClNO4. The van der Waals surface area contributed by atoms with E-state index < -0.39 is 22.7 Å². The third-order valence-electron chi connectivity index (χ3n) is 7.15. The molecule has 0 spiro atoms. The van der Waals surface area contributed by atoms with Crippen LogP contribution in [0.5, 0.6) is 0 Å². The topological polar surface area (TPSA) is 63.7 Å². The number of para-hydroxylation sites is 1. The van der Waals surface area contributed by atoms with E-state index in [1.54, 1.807) is 31.2 Å². The van der Waals surface area contributed by atoms with Crippen molar-refractivity contribution in [3.8, 4) is 0 Å². The highest BCUT2D eigenvalue weighted by molar-refractivity contribution is 6.34. The van der Waals surface area contributed by atoms with E-state index in [-0.39, 0.29) is 35.6 Å². The van der Waals surface area contributed by atoms with Gasteiger partial charge in [-0.1, -0.05) is 60.7 Å². The van der Waals surface area contributed by atoms with E-state index in [0.29, 0.717) is 0 Å². The predicted molar refractivity (Wildman–Crippen MR) is 123 cm³/mol. The van der Waals surface area contributed by atoms with Crippen molar-refractivity contribution in [2.24, 2.45) is 11.8 Å². The second-order valence-electron chi connectivity index (χ2n) is 8.62. The van der Waals surface area contributed by atoms with Gasteiger partial charge in [0, 0.05) is 5.92 Å². The molecule has 4 aliphatic rings. The fourth-order valence-corrected chi connectivity index (χ4v) is 6.54. The Hall–Kier alpha value is -3.44. The summed E-state index contributed by atoms with van der Waals surface area (Å²) in [5.41, 5.74) is 4.14. The third-order valence-corrected chi connectivity index (χ3v) is 7.80. The lowest BCUT2D eigenvalue weighted by Gasteiger charge is -2.50. The van der Waals surface area contributed by atoms with Crippen molar-refractivity contribution in [3.05, 3.63) is 101 Å². The molecule has 1 saturated heterocycles. The van der Waals surface area contributed by atoms with Gasteiger partial charge < -0.3 is 4.74 Å². The number of imide groups is 1. The Labute approximate surface area is 195 Å². The summed E-state index contributed by atoms with van der Waals surface area (Å²) in [5.74, 6) is -2.98. The first kappa shape index (κ1) is 20.2. The number of nitrogens with zero attached hydrogens (tertiary/aromatic N) is 1. The van der Waals surface area contributed by atoms with Crippen molar-refractivity contribution >= 4 is 35.1 Å². The van der Waals surface area contributed by atoms with Crippen LogP contribution in [-0.2, 0) is 19.2 Å². The van der Waals surface area contributed by atoms with Gasteiger partial charge in [0.1, 0.15) is 4.87 Å². The zero-order valence-corrected chi connectivity index (χ0v) is 18.6. The summed E-state index contributed by atoms with van der Waals surface area (Å²) in [6.45, 7) is 1.91. The Balaban J connectivity index is 1.56. The van der Waals surface area contributed by atoms with Crippen LogP contribution in [0.25, 0.3) is 0 Å². The van der Waals surface area contributed by atoms with Gasteiger partial charge in [-0.2, -0.15) is 0 Å². The average Bonchev–Trinajstić information content (AvgIpc) is 3.11. The Morgan fingerprint density at radius 1 is 0.909 bits per heavy atom. The van der Waals surface area contributed by atoms with Crippen LogP contribution in [0.2, 0.25) is 0 Å². The molecule has 0 saturated carbocycles. The maximum Gasteiger partial charge on any atom is 0.340 e. The van der Waals surface area contributed by atoms with E-state index in [0.717, 1.165) is 27.2 Å². The van der Waals surface area contributed by atoms with E-state index in [1.165, 1.54) is 0 Å². The molecule has 1 fully saturated rings. The highest BCUT2D eigenvalue weighted by Crippen LogP contribution is 2.65. The van der Waals surface area contributed by atoms with Crippen LogP contribution in [0.3, 0.4) is 0 Å². The van der Waals surface area contributed by atoms with Crippen molar-refractivity contribution in [3.63, 3.8) is 0 Å². The quantitative estimate of drug-likeness (QED) is 0.327. The molecule has 1 heterocycles. The molecule has 3 aromatic rings. The van der Waals surface area contributed by atoms with E-state index in [4.69, 9.17) is 16.3 Å². The number of esters is 1. The number of ether oxygens (including phenoxy) is 1. The summed E-state index contributed by atoms with van der Waals surface area (Å²) in [4.78, 5) is 40.5. The van der Waals surface area contributed by atoms with Gasteiger partial charge in [0.15, 0.2) is 0 Å². The first-order valence-corrected chi connectivity index (χ1v) is 11.4. The number of alkyl halides is 1. The number of rotatable bonds is 3. The Morgan fingerprint density at radius 2 is 1.48 bits per heavy atom. The van der Waals surface area contributed by atoms with Gasteiger partial charge in [-0.25, -0.2) is 9.69 Å². The highest BCUT2D eigenvalue weighted by Gasteiger charge is 2.68. The van der Waals surface area contributed by atoms with Gasteiger partial charge in [0.05, 0.1) is 29.7 Å². The van der Waals surface area contributed by atoms with Crippen molar-refractivity contribution < 1.29 is 19.1 Å². The predicted octanol–water partition coefficient (Wildman–Crippen LogP) is 4.61. The molecule has 0 unspecified atom stereocenters. The molecule has 0 aromatic heterocycles. The molecule has 0 radical (unpaired) electrons. The molecule has 0 N–H and O–H groups in total. The normalized spacial score (nSPS) is 26.6. The largest absolute Gasteiger partial charge is 0.462 e. The van der Waals surface area contributed by atoms with Crippen LogP contribution in [0.15, 0.2) is 72.8 Å². The number of halogens is 1. The maximum absolute atomic E-state index is 14.0. The van der Waals surface area contributed by atoms with Crippen molar-refractivity contribution in [1.29, 1.82) is 0 Å². The first-order valence-electron chi connectivity index (χ1n) is 11.0. The van der Waals surface area contributed by atoms with E-state index in [9.17, 15) is 14.4 Å². The summed E-state index contributed by atoms with van der Waals surface area (Å²) in [5, 5.41) is 0. The summed E-state index contributed by atoms with van der Waals surface area (Å²) in [6, 6.07) is 22.2. The standard InChI is InChI=1S/C27H20ClNO4/c1-2-33-26(32)17-11-5-8-14-20(17)29-24(30)22-21-15-9-3-6-12-18(15)27(28,23(22)25(29)31)19-13-7-4-10-16(19)21/h3-14,21-23H,2H2,1H3/t21?,22-,23-,27?/m1/s1. The highest BCUT2D eigenvalue weighted by atomic mass is 35.5. The number of amides is 2. The average molecular weight is 458 g/mol. The molecule has 7 rings (SSSR count). The lowest BCUT2D eigenvalue weighted by Crippen LogP contribution is -2.50. The maximum atomic E-state index is 14.0. The van der Waals surface area contributed by atoms with Gasteiger partial charge in [-0.15, -0.1) is 11.6 Å². The number of benzene rings is 3. The second kappa shape index (κ2) is 7.03. The summed E-state index contributed by atoms with van der Waals surface area (Å²) in [7, 11) is 0. The molecule has 2 atom stereocenters. The number of carbonyl (C=O) groups excluding carboxylic acids is 3. The minimum atomic E-state index is -1.16. The fourth-order valence-electron chi connectivity index (χ4n) is 5.97. The van der Waals surface area contributed by atoms with Crippen LogP contribution in [0.4, 0.5) is 5.69 Å². The fraction of sp³-hybridized carbons (Fsp3) is 0.222. The zero-order valence-electron chi connectivity index (χ0n) is 17.8. The molecule has 1 aliphatic heterocycles. The molecule has 6 heteroatoms.